The predicted molar refractivity (Wildman–Crippen MR) is 82.4 cm³/mol. The molecule has 0 amide bonds. The van der Waals surface area contributed by atoms with Crippen LogP contribution >= 0.6 is 11.3 Å². The Hall–Kier alpha value is -0.380. The highest BCUT2D eigenvalue weighted by Gasteiger charge is 2.40. The monoisotopic (exact) mass is 278 g/mol. The standard InChI is InChI=1S/C16H26N2S/c1-2-14(17)16(13-8-10-19-11-13)18-9-4-6-12-5-3-7-15(12)18/h8,10-12,14-16H,2-7,9,17H2,1H3. The van der Waals surface area contributed by atoms with E-state index < -0.39 is 0 Å². The summed E-state index contributed by atoms with van der Waals surface area (Å²) in [6.07, 6.45) is 8.12. The molecule has 3 heteroatoms. The van der Waals surface area contributed by atoms with Crippen molar-refractivity contribution in [1.29, 1.82) is 0 Å². The van der Waals surface area contributed by atoms with Crippen molar-refractivity contribution in [2.75, 3.05) is 6.54 Å². The van der Waals surface area contributed by atoms with Gasteiger partial charge in [0.1, 0.15) is 0 Å². The van der Waals surface area contributed by atoms with E-state index in [1.165, 1.54) is 44.2 Å². The molecule has 4 unspecified atom stereocenters. The van der Waals surface area contributed by atoms with E-state index >= 15 is 0 Å². The summed E-state index contributed by atoms with van der Waals surface area (Å²) < 4.78 is 0. The molecule has 1 saturated heterocycles. The average Bonchev–Trinajstić information content (AvgIpc) is 3.09. The number of piperidine rings is 1. The third-order valence-electron chi connectivity index (χ3n) is 5.16. The van der Waals surface area contributed by atoms with Crippen molar-refractivity contribution in [2.24, 2.45) is 11.7 Å². The molecule has 19 heavy (non-hydrogen) atoms. The first-order chi connectivity index (χ1) is 9.31. The molecule has 1 aromatic heterocycles. The Morgan fingerprint density at radius 2 is 2.21 bits per heavy atom. The Kier molecular flexibility index (Phi) is 4.25. The maximum atomic E-state index is 6.49. The van der Waals surface area contributed by atoms with E-state index in [1.54, 1.807) is 11.3 Å². The van der Waals surface area contributed by atoms with E-state index in [2.05, 4.69) is 28.7 Å². The zero-order chi connectivity index (χ0) is 13.2. The Bertz CT molecular complexity index is 389. The van der Waals surface area contributed by atoms with E-state index in [9.17, 15) is 0 Å². The van der Waals surface area contributed by atoms with Gasteiger partial charge in [-0.15, -0.1) is 0 Å². The number of hydrogen-bond donors (Lipinski definition) is 1. The molecule has 2 fully saturated rings. The van der Waals surface area contributed by atoms with Crippen molar-refractivity contribution in [3.05, 3.63) is 22.4 Å². The van der Waals surface area contributed by atoms with Gasteiger partial charge < -0.3 is 5.73 Å². The lowest BCUT2D eigenvalue weighted by Crippen LogP contribution is -2.50. The topological polar surface area (TPSA) is 29.3 Å². The Morgan fingerprint density at radius 3 is 2.95 bits per heavy atom. The normalized spacial score (nSPS) is 31.1. The van der Waals surface area contributed by atoms with Crippen molar-refractivity contribution < 1.29 is 0 Å². The van der Waals surface area contributed by atoms with Gasteiger partial charge in [-0.2, -0.15) is 11.3 Å². The minimum Gasteiger partial charge on any atom is -0.326 e. The highest BCUT2D eigenvalue weighted by molar-refractivity contribution is 7.07. The van der Waals surface area contributed by atoms with Gasteiger partial charge in [0.2, 0.25) is 0 Å². The molecular formula is C16H26N2S. The second-order valence-electron chi connectivity index (χ2n) is 6.21. The molecule has 2 nitrogen and oxygen atoms in total. The zero-order valence-corrected chi connectivity index (χ0v) is 12.7. The fourth-order valence-electron chi connectivity index (χ4n) is 4.19. The predicted octanol–water partition coefficient (Wildman–Crippen LogP) is 3.79. The Labute approximate surface area is 121 Å². The van der Waals surface area contributed by atoms with Crippen molar-refractivity contribution in [1.82, 2.24) is 4.90 Å². The van der Waals surface area contributed by atoms with E-state index in [0.29, 0.717) is 6.04 Å². The lowest BCUT2D eigenvalue weighted by atomic mass is 9.87. The van der Waals surface area contributed by atoms with Gasteiger partial charge in [-0.3, -0.25) is 4.90 Å². The summed E-state index contributed by atoms with van der Waals surface area (Å²) in [4.78, 5) is 2.76. The summed E-state index contributed by atoms with van der Waals surface area (Å²) in [5, 5.41) is 4.50. The highest BCUT2D eigenvalue weighted by atomic mass is 32.1. The number of nitrogens with zero attached hydrogens (tertiary/aromatic N) is 1. The van der Waals surface area contributed by atoms with Crippen LogP contribution in [0.1, 0.15) is 57.1 Å². The maximum absolute atomic E-state index is 6.49. The minimum atomic E-state index is 0.272. The largest absolute Gasteiger partial charge is 0.326 e. The quantitative estimate of drug-likeness (QED) is 0.908. The van der Waals surface area contributed by atoms with E-state index in [-0.39, 0.29) is 6.04 Å². The molecule has 1 aliphatic heterocycles. The first-order valence-corrected chi connectivity index (χ1v) is 8.79. The Morgan fingerprint density at radius 1 is 1.37 bits per heavy atom. The van der Waals surface area contributed by atoms with Crippen LogP contribution in [-0.4, -0.2) is 23.5 Å². The fourth-order valence-corrected chi connectivity index (χ4v) is 4.88. The molecule has 0 radical (unpaired) electrons. The lowest BCUT2D eigenvalue weighted by Gasteiger charge is -2.44. The Balaban J connectivity index is 1.86. The molecule has 0 bridgehead atoms. The van der Waals surface area contributed by atoms with Gasteiger partial charge in [-0.05, 0) is 67.0 Å². The SMILES string of the molecule is CCC(N)C(c1ccsc1)N1CCCC2CCCC21. The van der Waals surface area contributed by atoms with Gasteiger partial charge in [0.15, 0.2) is 0 Å². The molecule has 2 aliphatic rings. The van der Waals surface area contributed by atoms with Gasteiger partial charge in [0.05, 0.1) is 6.04 Å². The molecule has 2 heterocycles. The van der Waals surface area contributed by atoms with Gasteiger partial charge in [0, 0.05) is 12.1 Å². The summed E-state index contributed by atoms with van der Waals surface area (Å²) in [6.45, 7) is 3.47. The van der Waals surface area contributed by atoms with Crippen LogP contribution in [0.2, 0.25) is 0 Å². The summed E-state index contributed by atoms with van der Waals surface area (Å²) in [5.41, 5.74) is 7.94. The average molecular weight is 278 g/mol. The molecule has 2 N–H and O–H groups in total. The molecule has 0 aromatic carbocycles. The summed E-state index contributed by atoms with van der Waals surface area (Å²) in [6, 6.07) is 3.80. The van der Waals surface area contributed by atoms with E-state index in [0.717, 1.165) is 18.4 Å². The maximum Gasteiger partial charge on any atom is 0.0510 e. The van der Waals surface area contributed by atoms with Crippen LogP contribution in [0, 0.1) is 5.92 Å². The van der Waals surface area contributed by atoms with Crippen LogP contribution in [0.4, 0.5) is 0 Å². The van der Waals surface area contributed by atoms with Crippen LogP contribution in [-0.2, 0) is 0 Å². The van der Waals surface area contributed by atoms with Crippen LogP contribution in [0.5, 0.6) is 0 Å². The van der Waals surface area contributed by atoms with Crippen molar-refractivity contribution >= 4 is 11.3 Å². The summed E-state index contributed by atoms with van der Waals surface area (Å²) in [5.74, 6) is 0.943. The molecule has 1 saturated carbocycles. The second-order valence-corrected chi connectivity index (χ2v) is 6.99. The molecule has 4 atom stereocenters. The smallest absolute Gasteiger partial charge is 0.0510 e. The number of likely N-dealkylation sites (tertiary alicyclic amines) is 1. The molecule has 1 aliphatic carbocycles. The third-order valence-corrected chi connectivity index (χ3v) is 5.86. The van der Waals surface area contributed by atoms with Crippen LogP contribution < -0.4 is 5.73 Å². The van der Waals surface area contributed by atoms with Crippen LogP contribution in [0.3, 0.4) is 0 Å². The third kappa shape index (κ3) is 2.61. The van der Waals surface area contributed by atoms with Crippen molar-refractivity contribution in [2.45, 2.75) is 63.6 Å². The number of fused-ring (bicyclic) bond motifs is 1. The van der Waals surface area contributed by atoms with Crippen LogP contribution in [0.15, 0.2) is 16.8 Å². The first kappa shape index (κ1) is 13.6. The molecule has 0 spiro atoms. The van der Waals surface area contributed by atoms with E-state index in [4.69, 9.17) is 5.73 Å². The number of nitrogens with two attached hydrogens (primary N) is 1. The first-order valence-electron chi connectivity index (χ1n) is 7.84. The minimum absolute atomic E-state index is 0.272. The summed E-state index contributed by atoms with van der Waals surface area (Å²) in [7, 11) is 0. The molecule has 1 aromatic rings. The van der Waals surface area contributed by atoms with Gasteiger partial charge >= 0.3 is 0 Å². The van der Waals surface area contributed by atoms with Gasteiger partial charge in [-0.25, -0.2) is 0 Å². The number of hydrogen-bond acceptors (Lipinski definition) is 3. The van der Waals surface area contributed by atoms with E-state index in [1.807, 2.05) is 0 Å². The lowest BCUT2D eigenvalue weighted by molar-refractivity contribution is 0.0540. The number of rotatable bonds is 4. The molecular weight excluding hydrogens is 252 g/mol. The van der Waals surface area contributed by atoms with Gasteiger partial charge in [0.25, 0.3) is 0 Å². The summed E-state index contributed by atoms with van der Waals surface area (Å²) >= 11 is 1.80. The van der Waals surface area contributed by atoms with Crippen molar-refractivity contribution in [3.63, 3.8) is 0 Å². The highest BCUT2D eigenvalue weighted by Crippen LogP contribution is 2.42. The molecule has 106 valence electrons. The zero-order valence-electron chi connectivity index (χ0n) is 11.9. The van der Waals surface area contributed by atoms with Crippen LogP contribution in [0.25, 0.3) is 0 Å². The number of thiophene rings is 1. The second kappa shape index (κ2) is 5.94. The van der Waals surface area contributed by atoms with Crippen molar-refractivity contribution in [3.8, 4) is 0 Å². The van der Waals surface area contributed by atoms with Gasteiger partial charge in [-0.1, -0.05) is 13.3 Å². The molecule has 3 rings (SSSR count). The fraction of sp³-hybridized carbons (Fsp3) is 0.750.